The minimum atomic E-state index is -0.719. The van der Waals surface area contributed by atoms with Gasteiger partial charge in [-0.1, -0.05) is 25.4 Å². The van der Waals surface area contributed by atoms with Gasteiger partial charge in [0.15, 0.2) is 0 Å². The fraction of sp³-hybridized carbons (Fsp3) is 0.650. The molecular formula is C20H30ClFN2O3. The summed E-state index contributed by atoms with van der Waals surface area (Å²) in [5, 5.41) is 9.56. The number of carbonyl (C=O) groups is 1. The van der Waals surface area contributed by atoms with Crippen LogP contribution < -0.4 is 4.90 Å². The van der Waals surface area contributed by atoms with Crippen LogP contribution in [0.4, 0.5) is 10.1 Å². The highest BCUT2D eigenvalue weighted by Crippen LogP contribution is 2.29. The Hall–Kier alpha value is -1.37. The molecule has 0 spiro atoms. The number of aliphatic carboxylic acids is 1. The van der Waals surface area contributed by atoms with Crippen LogP contribution in [-0.2, 0) is 9.53 Å². The Kier molecular flexibility index (Phi) is 8.32. The van der Waals surface area contributed by atoms with Gasteiger partial charge in [-0.3, -0.25) is 4.79 Å². The molecular weight excluding hydrogens is 371 g/mol. The van der Waals surface area contributed by atoms with Crippen molar-refractivity contribution in [3.8, 4) is 0 Å². The van der Waals surface area contributed by atoms with Crippen molar-refractivity contribution in [3.05, 3.63) is 29.0 Å². The molecule has 2 atom stereocenters. The summed E-state index contributed by atoms with van der Waals surface area (Å²) in [7, 11) is 0. The Morgan fingerprint density at radius 3 is 2.81 bits per heavy atom. The molecule has 1 fully saturated rings. The van der Waals surface area contributed by atoms with Crippen molar-refractivity contribution < 1.29 is 19.0 Å². The van der Waals surface area contributed by atoms with Gasteiger partial charge >= 0.3 is 5.97 Å². The van der Waals surface area contributed by atoms with E-state index in [-0.39, 0.29) is 18.0 Å². The quantitative estimate of drug-likeness (QED) is 0.632. The maximum atomic E-state index is 13.4. The second kappa shape index (κ2) is 10.2. The third-order valence-electron chi connectivity index (χ3n) is 4.84. The number of ether oxygens (including phenoxy) is 1. The first-order valence-electron chi connectivity index (χ1n) is 9.56. The number of carboxylic acids is 1. The van der Waals surface area contributed by atoms with Gasteiger partial charge in [0.25, 0.3) is 0 Å². The van der Waals surface area contributed by atoms with Crippen LogP contribution in [0.15, 0.2) is 18.2 Å². The molecule has 1 aliphatic rings. The number of benzene rings is 1. The van der Waals surface area contributed by atoms with E-state index in [2.05, 4.69) is 18.7 Å². The lowest BCUT2D eigenvalue weighted by molar-refractivity contribution is -0.143. The SMILES string of the molecule is CC(C)CN(c1ccc(F)cc1Cl)[C@@H](C)OCCN1CCCC(C(=O)O)C1. The van der Waals surface area contributed by atoms with Gasteiger partial charge in [0.2, 0.25) is 0 Å². The molecule has 1 aromatic rings. The van der Waals surface area contributed by atoms with Crippen molar-refractivity contribution in [1.82, 2.24) is 4.90 Å². The number of hydrogen-bond donors (Lipinski definition) is 1. The number of rotatable bonds is 9. The first-order chi connectivity index (χ1) is 12.8. The average Bonchev–Trinajstić information content (AvgIpc) is 2.60. The van der Waals surface area contributed by atoms with Crippen molar-refractivity contribution in [1.29, 1.82) is 0 Å². The summed E-state index contributed by atoms with van der Waals surface area (Å²) in [5.41, 5.74) is 0.753. The highest BCUT2D eigenvalue weighted by Gasteiger charge is 2.25. The molecule has 0 amide bonds. The lowest BCUT2D eigenvalue weighted by Crippen LogP contribution is -2.42. The van der Waals surface area contributed by atoms with Gasteiger partial charge < -0.3 is 19.6 Å². The summed E-state index contributed by atoms with van der Waals surface area (Å²) in [6.07, 6.45) is 1.42. The van der Waals surface area contributed by atoms with Crippen LogP contribution in [0.1, 0.15) is 33.6 Å². The first kappa shape index (κ1) is 21.9. The van der Waals surface area contributed by atoms with E-state index in [1.54, 1.807) is 6.07 Å². The lowest BCUT2D eigenvalue weighted by Gasteiger charge is -2.35. The van der Waals surface area contributed by atoms with E-state index < -0.39 is 5.97 Å². The monoisotopic (exact) mass is 400 g/mol. The van der Waals surface area contributed by atoms with Gasteiger partial charge in [0.1, 0.15) is 12.0 Å². The second-order valence-corrected chi connectivity index (χ2v) is 8.00. The fourth-order valence-electron chi connectivity index (χ4n) is 3.45. The van der Waals surface area contributed by atoms with E-state index in [0.717, 1.165) is 31.6 Å². The Balaban J connectivity index is 1.93. The van der Waals surface area contributed by atoms with Crippen LogP contribution in [0, 0.1) is 17.7 Å². The molecule has 1 heterocycles. The topological polar surface area (TPSA) is 53.0 Å². The van der Waals surface area contributed by atoms with Gasteiger partial charge in [-0.15, -0.1) is 0 Å². The Labute approximate surface area is 166 Å². The molecule has 1 saturated heterocycles. The van der Waals surface area contributed by atoms with Gasteiger partial charge in [-0.2, -0.15) is 0 Å². The molecule has 0 aromatic heterocycles. The molecule has 7 heteroatoms. The van der Waals surface area contributed by atoms with Crippen molar-refractivity contribution in [3.63, 3.8) is 0 Å². The summed E-state index contributed by atoms with van der Waals surface area (Å²) in [4.78, 5) is 15.4. The minimum Gasteiger partial charge on any atom is -0.481 e. The summed E-state index contributed by atoms with van der Waals surface area (Å²) < 4.78 is 19.4. The molecule has 0 radical (unpaired) electrons. The van der Waals surface area contributed by atoms with Crippen molar-refractivity contribution >= 4 is 23.3 Å². The number of halogens is 2. The zero-order valence-electron chi connectivity index (χ0n) is 16.3. The van der Waals surface area contributed by atoms with Crippen LogP contribution in [-0.4, -0.2) is 55.0 Å². The van der Waals surface area contributed by atoms with Crippen LogP contribution >= 0.6 is 11.6 Å². The Morgan fingerprint density at radius 1 is 1.44 bits per heavy atom. The zero-order valence-corrected chi connectivity index (χ0v) is 17.1. The molecule has 1 aromatic carbocycles. The highest BCUT2D eigenvalue weighted by molar-refractivity contribution is 6.33. The molecule has 0 saturated carbocycles. The second-order valence-electron chi connectivity index (χ2n) is 7.59. The molecule has 1 aliphatic heterocycles. The van der Waals surface area contributed by atoms with E-state index in [4.69, 9.17) is 16.3 Å². The van der Waals surface area contributed by atoms with E-state index in [1.165, 1.54) is 12.1 Å². The normalized spacial score (nSPS) is 19.3. The number of carboxylic acid groups (broad SMARTS) is 1. The van der Waals surface area contributed by atoms with E-state index in [0.29, 0.717) is 30.6 Å². The predicted octanol–water partition coefficient (Wildman–Crippen LogP) is 4.10. The standard InChI is InChI=1S/C20H30ClFN2O3/c1-14(2)12-24(19-7-6-17(22)11-18(19)21)15(3)27-10-9-23-8-4-5-16(13-23)20(25)26/h6-7,11,14-16H,4-5,8-10,12-13H2,1-3H3,(H,25,26)/t15-,16?/m1/s1. The van der Waals surface area contributed by atoms with Gasteiger partial charge in [0, 0.05) is 19.6 Å². The van der Waals surface area contributed by atoms with Crippen LogP contribution in [0.5, 0.6) is 0 Å². The highest BCUT2D eigenvalue weighted by atomic mass is 35.5. The molecule has 27 heavy (non-hydrogen) atoms. The third-order valence-corrected chi connectivity index (χ3v) is 5.14. The van der Waals surface area contributed by atoms with E-state index >= 15 is 0 Å². The van der Waals surface area contributed by atoms with Gasteiger partial charge in [0.05, 0.1) is 23.2 Å². The summed E-state index contributed by atoms with van der Waals surface area (Å²) in [6, 6.07) is 4.40. The number of likely N-dealkylation sites (tertiary alicyclic amines) is 1. The molecule has 2 rings (SSSR count). The molecule has 5 nitrogen and oxygen atoms in total. The largest absolute Gasteiger partial charge is 0.481 e. The number of piperidine rings is 1. The lowest BCUT2D eigenvalue weighted by atomic mass is 9.98. The molecule has 1 unspecified atom stereocenters. The maximum absolute atomic E-state index is 13.4. The van der Waals surface area contributed by atoms with Crippen molar-refractivity contribution in [2.75, 3.05) is 37.7 Å². The van der Waals surface area contributed by atoms with E-state index in [9.17, 15) is 14.3 Å². The van der Waals surface area contributed by atoms with Crippen molar-refractivity contribution in [2.24, 2.45) is 11.8 Å². The fourth-order valence-corrected chi connectivity index (χ4v) is 3.73. The summed E-state index contributed by atoms with van der Waals surface area (Å²) >= 11 is 6.25. The average molecular weight is 401 g/mol. The zero-order chi connectivity index (χ0) is 20.0. The number of anilines is 1. The molecule has 152 valence electrons. The number of hydrogen-bond acceptors (Lipinski definition) is 4. The summed E-state index contributed by atoms with van der Waals surface area (Å²) in [6.45, 7) is 9.58. The third kappa shape index (κ3) is 6.63. The Morgan fingerprint density at radius 2 is 2.19 bits per heavy atom. The van der Waals surface area contributed by atoms with E-state index in [1.807, 2.05) is 11.8 Å². The van der Waals surface area contributed by atoms with Crippen LogP contribution in [0.3, 0.4) is 0 Å². The van der Waals surface area contributed by atoms with Crippen LogP contribution in [0.25, 0.3) is 0 Å². The predicted molar refractivity (Wildman–Crippen MR) is 106 cm³/mol. The number of nitrogens with zero attached hydrogens (tertiary/aromatic N) is 2. The minimum absolute atomic E-state index is 0.226. The molecule has 0 bridgehead atoms. The van der Waals surface area contributed by atoms with Gasteiger partial charge in [-0.25, -0.2) is 4.39 Å². The summed E-state index contributed by atoms with van der Waals surface area (Å²) in [5.74, 6) is -0.981. The molecule has 1 N–H and O–H groups in total. The maximum Gasteiger partial charge on any atom is 0.307 e. The first-order valence-corrected chi connectivity index (χ1v) is 9.94. The van der Waals surface area contributed by atoms with Gasteiger partial charge in [-0.05, 0) is 50.4 Å². The van der Waals surface area contributed by atoms with Crippen molar-refractivity contribution in [2.45, 2.75) is 39.8 Å². The Bertz CT molecular complexity index is 629. The molecule has 0 aliphatic carbocycles. The smallest absolute Gasteiger partial charge is 0.307 e. The van der Waals surface area contributed by atoms with Crippen LogP contribution in [0.2, 0.25) is 5.02 Å².